The minimum Gasteiger partial charge on any atom is -0.487 e. The highest BCUT2D eigenvalue weighted by Crippen LogP contribution is 2.26. The number of ether oxygens (including phenoxy) is 1. The summed E-state index contributed by atoms with van der Waals surface area (Å²) in [5.74, 6) is 0.443. The first-order chi connectivity index (χ1) is 10.1. The van der Waals surface area contributed by atoms with Crippen molar-refractivity contribution in [3.8, 4) is 5.75 Å². The summed E-state index contributed by atoms with van der Waals surface area (Å²) in [6.45, 7) is 5.37. The van der Waals surface area contributed by atoms with Gasteiger partial charge in [0, 0.05) is 24.8 Å². The van der Waals surface area contributed by atoms with Gasteiger partial charge in [-0.25, -0.2) is 4.39 Å². The summed E-state index contributed by atoms with van der Waals surface area (Å²) < 4.78 is 21.0. The monoisotopic (exact) mass is 291 g/mol. The SMILES string of the molecule is CCCNC(C)c1cc(F)ccc1OCc1ccn(C)n1. The summed E-state index contributed by atoms with van der Waals surface area (Å²) in [5.41, 5.74) is 1.68. The van der Waals surface area contributed by atoms with Crippen molar-refractivity contribution < 1.29 is 9.13 Å². The van der Waals surface area contributed by atoms with Crippen LogP contribution in [0.15, 0.2) is 30.5 Å². The van der Waals surface area contributed by atoms with Crippen LogP contribution in [0.25, 0.3) is 0 Å². The summed E-state index contributed by atoms with van der Waals surface area (Å²) >= 11 is 0. The Bertz CT molecular complexity index is 583. The topological polar surface area (TPSA) is 39.1 Å². The summed E-state index contributed by atoms with van der Waals surface area (Å²) in [4.78, 5) is 0. The van der Waals surface area contributed by atoms with Crippen molar-refractivity contribution in [2.24, 2.45) is 7.05 Å². The largest absolute Gasteiger partial charge is 0.487 e. The molecule has 1 heterocycles. The van der Waals surface area contributed by atoms with E-state index in [4.69, 9.17) is 4.74 Å². The summed E-state index contributed by atoms with van der Waals surface area (Å²) in [7, 11) is 1.86. The first-order valence-electron chi connectivity index (χ1n) is 7.24. The zero-order valence-corrected chi connectivity index (χ0v) is 12.8. The first kappa shape index (κ1) is 15.5. The molecule has 0 saturated carbocycles. The molecule has 0 saturated heterocycles. The van der Waals surface area contributed by atoms with Gasteiger partial charge in [0.15, 0.2) is 0 Å². The fourth-order valence-corrected chi connectivity index (χ4v) is 2.15. The summed E-state index contributed by atoms with van der Waals surface area (Å²) in [6, 6.07) is 6.57. The zero-order chi connectivity index (χ0) is 15.2. The van der Waals surface area contributed by atoms with E-state index in [-0.39, 0.29) is 11.9 Å². The highest BCUT2D eigenvalue weighted by Gasteiger charge is 2.13. The van der Waals surface area contributed by atoms with Crippen LogP contribution in [0.3, 0.4) is 0 Å². The van der Waals surface area contributed by atoms with Crippen molar-refractivity contribution in [1.29, 1.82) is 0 Å². The fraction of sp³-hybridized carbons (Fsp3) is 0.438. The van der Waals surface area contributed by atoms with E-state index in [1.165, 1.54) is 12.1 Å². The number of halogens is 1. The Morgan fingerprint density at radius 3 is 2.86 bits per heavy atom. The van der Waals surface area contributed by atoms with Crippen LogP contribution in [-0.4, -0.2) is 16.3 Å². The lowest BCUT2D eigenvalue weighted by Gasteiger charge is -2.18. The van der Waals surface area contributed by atoms with Crippen LogP contribution in [0.1, 0.15) is 37.6 Å². The summed E-state index contributed by atoms with van der Waals surface area (Å²) in [5, 5.41) is 7.62. The molecule has 0 amide bonds. The highest BCUT2D eigenvalue weighted by molar-refractivity contribution is 5.36. The third kappa shape index (κ3) is 4.29. The molecule has 0 bridgehead atoms. The Morgan fingerprint density at radius 1 is 1.38 bits per heavy atom. The smallest absolute Gasteiger partial charge is 0.132 e. The fourth-order valence-electron chi connectivity index (χ4n) is 2.15. The molecule has 5 heteroatoms. The van der Waals surface area contributed by atoms with E-state index in [0.717, 1.165) is 24.2 Å². The van der Waals surface area contributed by atoms with Crippen LogP contribution < -0.4 is 10.1 Å². The Morgan fingerprint density at radius 2 is 2.19 bits per heavy atom. The molecule has 21 heavy (non-hydrogen) atoms. The molecular formula is C16H22FN3O. The van der Waals surface area contributed by atoms with Gasteiger partial charge in [0.25, 0.3) is 0 Å². The molecule has 0 spiro atoms. The lowest BCUT2D eigenvalue weighted by molar-refractivity contribution is 0.293. The van der Waals surface area contributed by atoms with E-state index in [2.05, 4.69) is 17.3 Å². The quantitative estimate of drug-likeness (QED) is 0.851. The van der Waals surface area contributed by atoms with Crippen LogP contribution in [0.4, 0.5) is 4.39 Å². The van der Waals surface area contributed by atoms with Crippen molar-refractivity contribution in [1.82, 2.24) is 15.1 Å². The number of nitrogens with zero attached hydrogens (tertiary/aromatic N) is 2. The Hall–Kier alpha value is -1.88. The molecule has 2 aromatic rings. The summed E-state index contributed by atoms with van der Waals surface area (Å²) in [6.07, 6.45) is 2.90. The number of hydrogen-bond donors (Lipinski definition) is 1. The maximum absolute atomic E-state index is 13.5. The Kier molecular flexibility index (Phi) is 5.33. The second-order valence-electron chi connectivity index (χ2n) is 5.13. The van der Waals surface area contributed by atoms with Gasteiger partial charge in [0.2, 0.25) is 0 Å². The number of hydrogen-bond acceptors (Lipinski definition) is 3. The number of benzene rings is 1. The van der Waals surface area contributed by atoms with Gasteiger partial charge in [0.05, 0.1) is 5.69 Å². The third-order valence-electron chi connectivity index (χ3n) is 3.28. The van der Waals surface area contributed by atoms with Gasteiger partial charge in [-0.15, -0.1) is 0 Å². The van der Waals surface area contributed by atoms with Gasteiger partial charge in [-0.2, -0.15) is 5.10 Å². The molecule has 2 rings (SSSR count). The molecule has 1 aromatic carbocycles. The van der Waals surface area contributed by atoms with E-state index in [1.807, 2.05) is 26.2 Å². The molecule has 0 aliphatic heterocycles. The maximum atomic E-state index is 13.5. The number of rotatable bonds is 7. The number of nitrogens with one attached hydrogen (secondary N) is 1. The molecular weight excluding hydrogens is 269 g/mol. The highest BCUT2D eigenvalue weighted by atomic mass is 19.1. The van der Waals surface area contributed by atoms with E-state index in [1.54, 1.807) is 10.7 Å². The molecule has 0 fully saturated rings. The minimum absolute atomic E-state index is 0.0411. The third-order valence-corrected chi connectivity index (χ3v) is 3.28. The van der Waals surface area contributed by atoms with Gasteiger partial charge in [0.1, 0.15) is 18.2 Å². The molecule has 4 nitrogen and oxygen atoms in total. The van der Waals surface area contributed by atoms with E-state index in [0.29, 0.717) is 12.4 Å². The van der Waals surface area contributed by atoms with Crippen molar-refractivity contribution in [3.05, 3.63) is 47.5 Å². The maximum Gasteiger partial charge on any atom is 0.132 e. The van der Waals surface area contributed by atoms with Crippen molar-refractivity contribution in [2.75, 3.05) is 6.54 Å². The van der Waals surface area contributed by atoms with Crippen LogP contribution >= 0.6 is 0 Å². The average molecular weight is 291 g/mol. The van der Waals surface area contributed by atoms with Gasteiger partial charge in [-0.3, -0.25) is 4.68 Å². The lowest BCUT2D eigenvalue weighted by atomic mass is 10.1. The molecule has 1 aromatic heterocycles. The normalized spacial score (nSPS) is 12.4. The van der Waals surface area contributed by atoms with Crippen molar-refractivity contribution in [2.45, 2.75) is 32.9 Å². The second-order valence-corrected chi connectivity index (χ2v) is 5.13. The van der Waals surface area contributed by atoms with Gasteiger partial charge in [-0.05, 0) is 44.2 Å². The first-order valence-corrected chi connectivity index (χ1v) is 7.24. The van der Waals surface area contributed by atoms with Crippen LogP contribution in [0, 0.1) is 5.82 Å². The second kappa shape index (κ2) is 7.22. The lowest BCUT2D eigenvalue weighted by Crippen LogP contribution is -2.20. The standard InChI is InChI=1S/C16H22FN3O/c1-4-8-18-12(2)15-10-13(17)5-6-16(15)21-11-14-7-9-20(3)19-14/h5-7,9-10,12,18H,4,8,11H2,1-3H3. The predicted octanol–water partition coefficient (Wildman–Crippen LogP) is 3.20. The Balaban J connectivity index is 2.10. The molecule has 1 unspecified atom stereocenters. The molecule has 0 aliphatic rings. The van der Waals surface area contributed by atoms with Gasteiger partial charge >= 0.3 is 0 Å². The van der Waals surface area contributed by atoms with Gasteiger partial charge in [-0.1, -0.05) is 6.92 Å². The van der Waals surface area contributed by atoms with E-state index < -0.39 is 0 Å². The number of aryl methyl sites for hydroxylation is 1. The van der Waals surface area contributed by atoms with Crippen LogP contribution in [0.5, 0.6) is 5.75 Å². The minimum atomic E-state index is -0.250. The van der Waals surface area contributed by atoms with Gasteiger partial charge < -0.3 is 10.1 Å². The molecule has 1 atom stereocenters. The van der Waals surface area contributed by atoms with Crippen LogP contribution in [0.2, 0.25) is 0 Å². The average Bonchev–Trinajstić information content (AvgIpc) is 2.89. The van der Waals surface area contributed by atoms with Crippen LogP contribution in [-0.2, 0) is 13.7 Å². The Labute approximate surface area is 124 Å². The van der Waals surface area contributed by atoms with E-state index in [9.17, 15) is 4.39 Å². The zero-order valence-electron chi connectivity index (χ0n) is 12.8. The molecule has 1 N–H and O–H groups in total. The molecule has 0 aliphatic carbocycles. The van der Waals surface area contributed by atoms with E-state index >= 15 is 0 Å². The predicted molar refractivity (Wildman–Crippen MR) is 80.6 cm³/mol. The van der Waals surface area contributed by atoms with Crippen molar-refractivity contribution >= 4 is 0 Å². The number of aromatic nitrogens is 2. The van der Waals surface area contributed by atoms with Crippen molar-refractivity contribution in [3.63, 3.8) is 0 Å². The molecule has 114 valence electrons. The molecule has 0 radical (unpaired) electrons.